The van der Waals surface area contributed by atoms with Crippen LogP contribution >= 0.6 is 0 Å². The Labute approximate surface area is 166 Å². The molecule has 2 N–H and O–H groups in total. The van der Waals surface area contributed by atoms with E-state index in [-0.39, 0.29) is 34.9 Å². The van der Waals surface area contributed by atoms with Crippen LogP contribution in [0.5, 0.6) is 0 Å². The lowest BCUT2D eigenvalue weighted by Crippen LogP contribution is -2.66. The molecule has 4 aliphatic carbocycles. The predicted octanol–water partition coefficient (Wildman–Crippen LogP) is 2.20. The molecule has 3 amide bonds. The standard InChI is InChI=1S/C21H33N3O4/c1-3-28-19(27)24-6-4-17(5-7-24)22-18(26)20-9-15-8-16(10-20)12-21(11-15,13-20)23-14(2)25/h15-17H,3-13H2,1-2H3,(H,22,26)(H,23,25). The second-order valence-corrected chi connectivity index (χ2v) is 9.64. The second kappa shape index (κ2) is 7.23. The van der Waals surface area contributed by atoms with Gasteiger partial charge < -0.3 is 20.3 Å². The third-order valence-electron chi connectivity index (χ3n) is 7.34. The molecule has 28 heavy (non-hydrogen) atoms. The van der Waals surface area contributed by atoms with Gasteiger partial charge in [-0.15, -0.1) is 0 Å². The summed E-state index contributed by atoms with van der Waals surface area (Å²) in [6.45, 7) is 5.03. The second-order valence-electron chi connectivity index (χ2n) is 9.64. The van der Waals surface area contributed by atoms with E-state index in [0.717, 1.165) is 44.9 Å². The molecule has 0 aromatic carbocycles. The molecule has 7 nitrogen and oxygen atoms in total. The van der Waals surface area contributed by atoms with Gasteiger partial charge >= 0.3 is 6.09 Å². The summed E-state index contributed by atoms with van der Waals surface area (Å²) in [5.41, 5.74) is -0.509. The fourth-order valence-electron chi connectivity index (χ4n) is 6.81. The molecule has 2 unspecified atom stereocenters. The van der Waals surface area contributed by atoms with Gasteiger partial charge in [-0.2, -0.15) is 0 Å². The van der Waals surface area contributed by atoms with E-state index >= 15 is 0 Å². The number of carbonyl (C=O) groups excluding carboxylic acids is 3. The highest BCUT2D eigenvalue weighted by Crippen LogP contribution is 2.61. The molecule has 0 aromatic rings. The van der Waals surface area contributed by atoms with E-state index in [1.807, 2.05) is 6.92 Å². The average molecular weight is 392 g/mol. The first-order chi connectivity index (χ1) is 13.3. The third-order valence-corrected chi connectivity index (χ3v) is 7.34. The molecule has 5 rings (SSSR count). The van der Waals surface area contributed by atoms with Gasteiger partial charge in [0.1, 0.15) is 0 Å². The van der Waals surface area contributed by atoms with Crippen molar-refractivity contribution in [2.24, 2.45) is 17.3 Å². The maximum absolute atomic E-state index is 13.4. The third kappa shape index (κ3) is 3.60. The molecule has 4 bridgehead atoms. The highest BCUT2D eigenvalue weighted by atomic mass is 16.6. The Morgan fingerprint density at radius 2 is 1.71 bits per heavy atom. The van der Waals surface area contributed by atoms with Crippen LogP contribution in [0.2, 0.25) is 0 Å². The van der Waals surface area contributed by atoms with Crippen LogP contribution < -0.4 is 10.6 Å². The topological polar surface area (TPSA) is 87.7 Å². The van der Waals surface area contributed by atoms with Crippen molar-refractivity contribution in [3.63, 3.8) is 0 Å². The van der Waals surface area contributed by atoms with Gasteiger partial charge in [0.15, 0.2) is 0 Å². The number of ether oxygens (including phenoxy) is 1. The van der Waals surface area contributed by atoms with Gasteiger partial charge in [0.2, 0.25) is 11.8 Å². The first-order valence-corrected chi connectivity index (χ1v) is 10.8. The molecule has 0 spiro atoms. The molecular weight excluding hydrogens is 358 g/mol. The van der Waals surface area contributed by atoms with Crippen LogP contribution in [0.15, 0.2) is 0 Å². The number of amides is 3. The molecule has 5 fully saturated rings. The van der Waals surface area contributed by atoms with Crippen LogP contribution in [0, 0.1) is 17.3 Å². The van der Waals surface area contributed by atoms with Crippen LogP contribution in [-0.4, -0.2) is 54.1 Å². The van der Waals surface area contributed by atoms with E-state index in [2.05, 4.69) is 10.6 Å². The minimum Gasteiger partial charge on any atom is -0.450 e. The van der Waals surface area contributed by atoms with Gasteiger partial charge in [-0.25, -0.2) is 4.79 Å². The van der Waals surface area contributed by atoms with Gasteiger partial charge in [-0.3, -0.25) is 9.59 Å². The highest BCUT2D eigenvalue weighted by Gasteiger charge is 2.61. The van der Waals surface area contributed by atoms with Crippen LogP contribution in [0.25, 0.3) is 0 Å². The number of hydrogen-bond acceptors (Lipinski definition) is 4. The van der Waals surface area contributed by atoms with Gasteiger partial charge in [0.25, 0.3) is 0 Å². The molecular formula is C21H33N3O4. The van der Waals surface area contributed by atoms with Crippen molar-refractivity contribution < 1.29 is 19.1 Å². The van der Waals surface area contributed by atoms with Crippen molar-refractivity contribution >= 4 is 17.9 Å². The van der Waals surface area contributed by atoms with Crippen molar-refractivity contribution in [3.8, 4) is 0 Å². The summed E-state index contributed by atoms with van der Waals surface area (Å²) < 4.78 is 5.07. The maximum Gasteiger partial charge on any atom is 0.409 e. The molecule has 2 atom stereocenters. The zero-order valence-electron chi connectivity index (χ0n) is 17.1. The van der Waals surface area contributed by atoms with Crippen LogP contribution in [0.4, 0.5) is 4.79 Å². The number of rotatable bonds is 4. The zero-order chi connectivity index (χ0) is 19.9. The van der Waals surface area contributed by atoms with Crippen LogP contribution in [0.3, 0.4) is 0 Å². The Morgan fingerprint density at radius 1 is 1.07 bits per heavy atom. The summed E-state index contributed by atoms with van der Waals surface area (Å²) in [7, 11) is 0. The quantitative estimate of drug-likeness (QED) is 0.769. The summed E-state index contributed by atoms with van der Waals surface area (Å²) in [6.07, 6.45) is 7.22. The van der Waals surface area contributed by atoms with E-state index in [1.165, 1.54) is 6.42 Å². The van der Waals surface area contributed by atoms with Crippen molar-refractivity contribution in [1.29, 1.82) is 0 Å². The number of piperidine rings is 1. The van der Waals surface area contributed by atoms with E-state index in [0.29, 0.717) is 31.5 Å². The Hall–Kier alpha value is -1.79. The summed E-state index contributed by atoms with van der Waals surface area (Å²) in [5, 5.41) is 6.53. The maximum atomic E-state index is 13.4. The Kier molecular flexibility index (Phi) is 5.04. The number of carbonyl (C=O) groups is 3. The van der Waals surface area contributed by atoms with Gasteiger partial charge in [-0.1, -0.05) is 0 Å². The molecule has 1 saturated heterocycles. The number of nitrogens with one attached hydrogen (secondary N) is 2. The minimum atomic E-state index is -0.329. The van der Waals surface area contributed by atoms with E-state index < -0.39 is 0 Å². The van der Waals surface area contributed by atoms with Crippen molar-refractivity contribution in [1.82, 2.24) is 15.5 Å². The average Bonchev–Trinajstić information content (AvgIpc) is 2.60. The Morgan fingerprint density at radius 3 is 2.29 bits per heavy atom. The molecule has 0 radical (unpaired) electrons. The molecule has 0 aromatic heterocycles. The predicted molar refractivity (Wildman–Crippen MR) is 103 cm³/mol. The highest BCUT2D eigenvalue weighted by molar-refractivity contribution is 5.84. The normalized spacial score (nSPS) is 36.9. The molecule has 1 heterocycles. The van der Waals surface area contributed by atoms with Crippen LogP contribution in [0.1, 0.15) is 65.2 Å². The molecule has 4 saturated carbocycles. The van der Waals surface area contributed by atoms with Crippen molar-refractivity contribution in [2.75, 3.05) is 19.7 Å². The lowest BCUT2D eigenvalue weighted by Gasteiger charge is -2.61. The lowest BCUT2D eigenvalue weighted by molar-refractivity contribution is -0.154. The Balaban J connectivity index is 1.39. The van der Waals surface area contributed by atoms with Gasteiger partial charge in [0, 0.05) is 31.6 Å². The summed E-state index contributed by atoms with van der Waals surface area (Å²) in [4.78, 5) is 38.8. The number of hydrogen-bond donors (Lipinski definition) is 2. The van der Waals surface area contributed by atoms with Gasteiger partial charge in [0.05, 0.1) is 12.0 Å². The SMILES string of the molecule is CCOC(=O)N1CCC(NC(=O)C23CC4CC(CC(NC(C)=O)(C4)C2)C3)CC1. The molecule has 156 valence electrons. The van der Waals surface area contributed by atoms with Crippen molar-refractivity contribution in [2.45, 2.75) is 76.8 Å². The van der Waals surface area contributed by atoms with Crippen molar-refractivity contribution in [3.05, 3.63) is 0 Å². The van der Waals surface area contributed by atoms with E-state index in [9.17, 15) is 14.4 Å². The fourth-order valence-corrected chi connectivity index (χ4v) is 6.81. The van der Waals surface area contributed by atoms with Gasteiger partial charge in [-0.05, 0) is 70.1 Å². The smallest absolute Gasteiger partial charge is 0.409 e. The Bertz CT molecular complexity index is 642. The summed E-state index contributed by atoms with van der Waals surface area (Å²) >= 11 is 0. The first kappa shape index (κ1) is 19.5. The monoisotopic (exact) mass is 391 g/mol. The lowest BCUT2D eigenvalue weighted by atomic mass is 9.46. The minimum absolute atomic E-state index is 0.0174. The zero-order valence-corrected chi connectivity index (χ0v) is 17.1. The first-order valence-electron chi connectivity index (χ1n) is 10.8. The summed E-state index contributed by atoms with van der Waals surface area (Å²) in [5.74, 6) is 1.28. The number of likely N-dealkylation sites (tertiary alicyclic amines) is 1. The van der Waals surface area contributed by atoms with Crippen LogP contribution in [-0.2, 0) is 14.3 Å². The largest absolute Gasteiger partial charge is 0.450 e. The van der Waals surface area contributed by atoms with E-state index in [4.69, 9.17) is 4.74 Å². The number of nitrogens with zero attached hydrogens (tertiary/aromatic N) is 1. The fraction of sp³-hybridized carbons (Fsp3) is 0.857. The molecule has 7 heteroatoms. The van der Waals surface area contributed by atoms with E-state index in [1.54, 1.807) is 11.8 Å². The summed E-state index contributed by atoms with van der Waals surface area (Å²) in [6, 6.07) is 0.114. The molecule has 5 aliphatic rings. The molecule has 1 aliphatic heterocycles.